The minimum atomic E-state index is -0.438. The van der Waals surface area contributed by atoms with E-state index in [9.17, 15) is 9.18 Å². The van der Waals surface area contributed by atoms with Crippen LogP contribution in [0.3, 0.4) is 0 Å². The van der Waals surface area contributed by atoms with E-state index in [0.29, 0.717) is 15.6 Å². The Kier molecular flexibility index (Phi) is 4.62. The summed E-state index contributed by atoms with van der Waals surface area (Å²) < 4.78 is 18.7. The van der Waals surface area contributed by atoms with E-state index < -0.39 is 5.82 Å². The number of benzene rings is 1. The maximum atomic E-state index is 13.6. The number of thiophene rings is 1. The zero-order valence-corrected chi connectivity index (χ0v) is 12.6. The number of methoxy groups -OCH3 is 1. The van der Waals surface area contributed by atoms with Gasteiger partial charge in [0.25, 0.3) is 5.91 Å². The van der Waals surface area contributed by atoms with Gasteiger partial charge in [-0.2, -0.15) is 0 Å². The molecule has 3 nitrogen and oxygen atoms in total. The molecular formula is C14H13ClFNO2S. The van der Waals surface area contributed by atoms with Gasteiger partial charge in [-0.05, 0) is 25.1 Å². The van der Waals surface area contributed by atoms with Crippen LogP contribution >= 0.6 is 22.9 Å². The number of nitrogens with one attached hydrogen (secondary N) is 1. The molecule has 0 spiro atoms. The van der Waals surface area contributed by atoms with Gasteiger partial charge >= 0.3 is 0 Å². The molecule has 2 rings (SSSR count). The number of carbonyl (C=O) groups excluding carboxylic acids is 1. The van der Waals surface area contributed by atoms with E-state index in [4.69, 9.17) is 16.3 Å². The lowest BCUT2D eigenvalue weighted by molar-refractivity contribution is 0.0952. The van der Waals surface area contributed by atoms with Crippen molar-refractivity contribution in [2.45, 2.75) is 13.5 Å². The molecule has 1 N–H and O–H groups in total. The molecular weight excluding hydrogens is 301 g/mol. The Morgan fingerprint density at radius 1 is 1.50 bits per heavy atom. The summed E-state index contributed by atoms with van der Waals surface area (Å²) in [4.78, 5) is 13.5. The van der Waals surface area contributed by atoms with Crippen molar-refractivity contribution in [3.8, 4) is 5.75 Å². The second-order valence-corrected chi connectivity index (χ2v) is 5.80. The zero-order chi connectivity index (χ0) is 14.7. The van der Waals surface area contributed by atoms with Crippen molar-refractivity contribution in [2.75, 3.05) is 7.11 Å². The largest absolute Gasteiger partial charge is 0.495 e. The average molecular weight is 314 g/mol. The highest BCUT2D eigenvalue weighted by atomic mass is 35.5. The molecule has 2 aromatic rings. The van der Waals surface area contributed by atoms with Gasteiger partial charge in [-0.15, -0.1) is 11.3 Å². The van der Waals surface area contributed by atoms with Gasteiger partial charge in [0.2, 0.25) is 0 Å². The Balaban J connectivity index is 2.13. The van der Waals surface area contributed by atoms with Gasteiger partial charge in [-0.3, -0.25) is 4.79 Å². The van der Waals surface area contributed by atoms with Crippen LogP contribution < -0.4 is 10.1 Å². The fourth-order valence-electron chi connectivity index (χ4n) is 1.75. The molecule has 0 saturated heterocycles. The summed E-state index contributed by atoms with van der Waals surface area (Å²) in [6.45, 7) is 1.92. The normalized spacial score (nSPS) is 10.4. The molecule has 1 aromatic heterocycles. The summed E-state index contributed by atoms with van der Waals surface area (Å²) in [7, 11) is 1.51. The van der Waals surface area contributed by atoms with Crippen LogP contribution in [0, 0.1) is 12.7 Å². The SMILES string of the molecule is COc1cc(C)sc1C(=O)NCc1c(F)cccc1Cl. The number of halogens is 2. The van der Waals surface area contributed by atoms with E-state index in [2.05, 4.69) is 5.32 Å². The van der Waals surface area contributed by atoms with Crippen LogP contribution in [0.25, 0.3) is 0 Å². The molecule has 0 aliphatic heterocycles. The Hall–Kier alpha value is -1.59. The highest BCUT2D eigenvalue weighted by molar-refractivity contribution is 7.14. The summed E-state index contributed by atoms with van der Waals surface area (Å²) >= 11 is 7.24. The van der Waals surface area contributed by atoms with Crippen molar-refractivity contribution in [1.82, 2.24) is 5.32 Å². The lowest BCUT2D eigenvalue weighted by Crippen LogP contribution is -2.23. The topological polar surface area (TPSA) is 38.3 Å². The van der Waals surface area contributed by atoms with Gasteiger partial charge in [0.15, 0.2) is 0 Å². The molecule has 106 valence electrons. The second-order valence-electron chi connectivity index (χ2n) is 4.14. The first-order valence-electron chi connectivity index (χ1n) is 5.88. The van der Waals surface area contributed by atoms with Crippen molar-refractivity contribution in [3.05, 3.63) is 50.4 Å². The second kappa shape index (κ2) is 6.24. The Labute approximate surface area is 125 Å². The lowest BCUT2D eigenvalue weighted by Gasteiger charge is -2.08. The quantitative estimate of drug-likeness (QED) is 0.932. The monoisotopic (exact) mass is 313 g/mol. The summed E-state index contributed by atoms with van der Waals surface area (Å²) in [5, 5.41) is 2.94. The highest BCUT2D eigenvalue weighted by Crippen LogP contribution is 2.28. The van der Waals surface area contributed by atoms with Crippen molar-refractivity contribution < 1.29 is 13.9 Å². The van der Waals surface area contributed by atoms with Crippen molar-refractivity contribution in [1.29, 1.82) is 0 Å². The molecule has 0 fully saturated rings. The number of amides is 1. The third kappa shape index (κ3) is 3.11. The summed E-state index contributed by atoms with van der Waals surface area (Å²) in [6, 6.07) is 6.20. The van der Waals surface area contributed by atoms with Gasteiger partial charge in [0.1, 0.15) is 16.4 Å². The molecule has 0 atom stereocenters. The Morgan fingerprint density at radius 2 is 2.25 bits per heavy atom. The van der Waals surface area contributed by atoms with Crippen molar-refractivity contribution >= 4 is 28.8 Å². The first-order chi connectivity index (χ1) is 9.52. The molecule has 0 saturated carbocycles. The van der Waals surface area contributed by atoms with E-state index in [-0.39, 0.29) is 18.0 Å². The van der Waals surface area contributed by atoms with E-state index in [1.165, 1.54) is 30.6 Å². The average Bonchev–Trinajstić information content (AvgIpc) is 2.79. The van der Waals surface area contributed by atoms with Crippen LogP contribution in [0.4, 0.5) is 4.39 Å². The molecule has 1 aromatic carbocycles. The molecule has 0 radical (unpaired) electrons. The number of carbonyl (C=O) groups is 1. The molecule has 0 aliphatic rings. The maximum Gasteiger partial charge on any atom is 0.265 e. The predicted octanol–water partition coefficient (Wildman–Crippen LogP) is 3.79. The van der Waals surface area contributed by atoms with Crippen LogP contribution in [0.1, 0.15) is 20.1 Å². The van der Waals surface area contributed by atoms with Gasteiger partial charge in [-0.25, -0.2) is 4.39 Å². The van der Waals surface area contributed by atoms with Crippen LogP contribution in [0.2, 0.25) is 5.02 Å². The van der Waals surface area contributed by atoms with Crippen LogP contribution in [0.5, 0.6) is 5.75 Å². The number of ether oxygens (including phenoxy) is 1. The summed E-state index contributed by atoms with van der Waals surface area (Å²) in [5.41, 5.74) is 0.273. The molecule has 1 amide bonds. The van der Waals surface area contributed by atoms with Gasteiger partial charge in [0.05, 0.1) is 7.11 Å². The van der Waals surface area contributed by atoms with E-state index in [1.807, 2.05) is 6.92 Å². The number of hydrogen-bond donors (Lipinski definition) is 1. The van der Waals surface area contributed by atoms with Crippen LogP contribution in [0.15, 0.2) is 24.3 Å². The van der Waals surface area contributed by atoms with Crippen LogP contribution in [-0.4, -0.2) is 13.0 Å². The minimum Gasteiger partial charge on any atom is -0.495 e. The number of hydrogen-bond acceptors (Lipinski definition) is 3. The fourth-order valence-corrected chi connectivity index (χ4v) is 2.88. The maximum absolute atomic E-state index is 13.6. The number of aryl methyl sites for hydroxylation is 1. The third-order valence-electron chi connectivity index (χ3n) is 2.73. The molecule has 1 heterocycles. The van der Waals surface area contributed by atoms with E-state index in [1.54, 1.807) is 12.1 Å². The molecule has 0 aliphatic carbocycles. The van der Waals surface area contributed by atoms with Gasteiger partial charge in [-0.1, -0.05) is 17.7 Å². The molecule has 0 unspecified atom stereocenters. The summed E-state index contributed by atoms with van der Waals surface area (Å²) in [6.07, 6.45) is 0. The highest BCUT2D eigenvalue weighted by Gasteiger charge is 2.16. The lowest BCUT2D eigenvalue weighted by atomic mass is 10.2. The van der Waals surface area contributed by atoms with Crippen molar-refractivity contribution in [3.63, 3.8) is 0 Å². The predicted molar refractivity (Wildman–Crippen MR) is 78.2 cm³/mol. The van der Waals surface area contributed by atoms with Gasteiger partial charge < -0.3 is 10.1 Å². The smallest absolute Gasteiger partial charge is 0.265 e. The van der Waals surface area contributed by atoms with Crippen molar-refractivity contribution in [2.24, 2.45) is 0 Å². The third-order valence-corrected chi connectivity index (χ3v) is 4.12. The first kappa shape index (κ1) is 14.8. The van der Waals surface area contributed by atoms with Gasteiger partial charge in [0, 0.05) is 22.0 Å². The Morgan fingerprint density at radius 3 is 2.90 bits per heavy atom. The van der Waals surface area contributed by atoms with Crippen LogP contribution in [-0.2, 0) is 6.54 Å². The van der Waals surface area contributed by atoms with E-state index in [0.717, 1.165) is 4.88 Å². The Bertz CT molecular complexity index is 622. The summed E-state index contributed by atoms with van der Waals surface area (Å²) in [5.74, 6) is -0.226. The zero-order valence-electron chi connectivity index (χ0n) is 11.0. The first-order valence-corrected chi connectivity index (χ1v) is 7.08. The standard InChI is InChI=1S/C14H13ClFNO2S/c1-8-6-12(19-2)13(20-8)14(18)17-7-9-10(15)4-3-5-11(9)16/h3-6H,7H2,1-2H3,(H,17,18). The molecule has 0 bridgehead atoms. The van der Waals surface area contributed by atoms with E-state index >= 15 is 0 Å². The fraction of sp³-hybridized carbons (Fsp3) is 0.214. The molecule has 20 heavy (non-hydrogen) atoms. The number of rotatable bonds is 4. The minimum absolute atomic E-state index is 0.0322. The molecule has 6 heteroatoms.